The number of ether oxygens (including phenoxy) is 1. The average Bonchev–Trinajstić information content (AvgIpc) is 2.99. The van der Waals surface area contributed by atoms with Crippen molar-refractivity contribution in [3.63, 3.8) is 0 Å². The number of aromatic nitrogens is 2. The van der Waals surface area contributed by atoms with Crippen LogP contribution >= 0.6 is 0 Å². The Hall–Kier alpha value is -4.07. The van der Waals surface area contributed by atoms with Crippen LogP contribution in [0.15, 0.2) is 71.9 Å². The molecule has 43 heavy (non-hydrogen) atoms. The van der Waals surface area contributed by atoms with Crippen LogP contribution in [0, 0.1) is 0 Å². The number of piperidine rings is 1. The Morgan fingerprint density at radius 1 is 1.07 bits per heavy atom. The predicted molar refractivity (Wildman–Crippen MR) is 162 cm³/mol. The molecule has 230 valence electrons. The molecule has 0 radical (unpaired) electrons. The van der Waals surface area contributed by atoms with Crippen molar-refractivity contribution in [1.82, 2.24) is 20.0 Å². The molecular weight excluding hydrogens is 572 g/mol. The Labute approximate surface area is 251 Å². The molecule has 2 atom stereocenters. The molecule has 0 saturated carbocycles. The minimum atomic E-state index is -4.21. The summed E-state index contributed by atoms with van der Waals surface area (Å²) in [6.45, 7) is 5.79. The van der Waals surface area contributed by atoms with E-state index in [1.165, 1.54) is 6.07 Å². The zero-order valence-electron chi connectivity index (χ0n) is 24.7. The number of sulfonamides is 1. The highest BCUT2D eigenvalue weighted by molar-refractivity contribution is 7.89. The summed E-state index contributed by atoms with van der Waals surface area (Å²) in [5, 5.41) is 15.7. The number of methoxy groups -OCH3 is 1. The molecule has 0 aliphatic carbocycles. The van der Waals surface area contributed by atoms with E-state index in [4.69, 9.17) is 4.74 Å². The molecule has 4 rings (SSSR count). The minimum Gasteiger partial charge on any atom is -0.480 e. The van der Waals surface area contributed by atoms with Gasteiger partial charge in [0.15, 0.2) is 0 Å². The second-order valence-corrected chi connectivity index (χ2v) is 13.0. The molecule has 12 nitrogen and oxygen atoms in total. The van der Waals surface area contributed by atoms with Gasteiger partial charge >= 0.3 is 5.97 Å². The summed E-state index contributed by atoms with van der Waals surface area (Å²) in [4.78, 5) is 35.7. The summed E-state index contributed by atoms with van der Waals surface area (Å²) in [6, 6.07) is 13.4. The summed E-state index contributed by atoms with van der Waals surface area (Å²) in [7, 11) is -2.62. The number of carbonyl (C=O) groups is 2. The molecule has 1 saturated heterocycles. The van der Waals surface area contributed by atoms with Crippen molar-refractivity contribution >= 4 is 33.5 Å². The van der Waals surface area contributed by atoms with Gasteiger partial charge in [-0.1, -0.05) is 45.0 Å². The van der Waals surface area contributed by atoms with Gasteiger partial charge < -0.3 is 25.4 Å². The number of carboxylic acid groups (broad SMARTS) is 1. The quantitative estimate of drug-likeness (QED) is 0.237. The van der Waals surface area contributed by atoms with E-state index in [-0.39, 0.29) is 10.5 Å². The molecule has 1 amide bonds. The maximum atomic E-state index is 13.2. The largest absolute Gasteiger partial charge is 0.480 e. The number of aliphatic carboxylic acids is 1. The fraction of sp³-hybridized carbons (Fsp3) is 0.400. The standard InChI is InChI=1S/C30H38N6O6S/c1-29(2,3)23-13-5-6-14-25(23)43(40,41)35-24(27(38)39)20-33-26(37)21-11-9-12-22(19-21)36-18-8-7-15-30(36,42-4)34-28-31-16-10-17-32-28/h5-6,9-14,16-17,19,24,35H,7-8,15,18,20H2,1-4H3,(H,33,37)(H,38,39)(H,31,32,34)/t24-,30?/m0/s1. The van der Waals surface area contributed by atoms with Crippen molar-refractivity contribution in [2.45, 2.75) is 62.2 Å². The van der Waals surface area contributed by atoms with Gasteiger partial charge in [-0.3, -0.25) is 9.59 Å². The molecule has 2 aromatic carbocycles. The summed E-state index contributed by atoms with van der Waals surface area (Å²) in [5.74, 6) is -2.53. The first-order chi connectivity index (χ1) is 20.4. The number of hydrogen-bond acceptors (Lipinski definition) is 9. The number of amides is 1. The first-order valence-electron chi connectivity index (χ1n) is 14.0. The van der Waals surface area contributed by atoms with Crippen LogP contribution < -0.4 is 20.3 Å². The van der Waals surface area contributed by atoms with E-state index >= 15 is 0 Å². The molecule has 1 aliphatic heterocycles. The topological polar surface area (TPSA) is 163 Å². The van der Waals surface area contributed by atoms with Crippen LogP contribution in [0.2, 0.25) is 0 Å². The molecule has 1 unspecified atom stereocenters. The number of hydrogen-bond donors (Lipinski definition) is 4. The highest BCUT2D eigenvalue weighted by atomic mass is 32.2. The third-order valence-corrected chi connectivity index (χ3v) is 8.79. The van der Waals surface area contributed by atoms with Gasteiger partial charge in [-0.2, -0.15) is 4.72 Å². The number of rotatable bonds is 11. The van der Waals surface area contributed by atoms with Crippen LogP contribution in [-0.4, -0.2) is 67.5 Å². The van der Waals surface area contributed by atoms with Gasteiger partial charge in [0.05, 0.1) is 4.90 Å². The highest BCUT2D eigenvalue weighted by Crippen LogP contribution is 2.34. The third kappa shape index (κ3) is 7.48. The van der Waals surface area contributed by atoms with Crippen LogP contribution in [0.25, 0.3) is 0 Å². The zero-order chi connectivity index (χ0) is 31.3. The SMILES string of the molecule is COC1(Nc2ncccn2)CCCCN1c1cccc(C(=O)NC[C@H](NS(=O)(=O)c2ccccc2C(C)(C)C)C(=O)O)c1. The third-order valence-electron chi connectivity index (χ3n) is 7.26. The summed E-state index contributed by atoms with van der Waals surface area (Å²) < 4.78 is 34.7. The smallest absolute Gasteiger partial charge is 0.323 e. The average molecular weight is 611 g/mol. The molecule has 1 fully saturated rings. The van der Waals surface area contributed by atoms with Gasteiger partial charge in [0.1, 0.15) is 6.04 Å². The predicted octanol–water partition coefficient (Wildman–Crippen LogP) is 3.34. The lowest BCUT2D eigenvalue weighted by atomic mass is 9.87. The van der Waals surface area contributed by atoms with Gasteiger partial charge in [0.2, 0.25) is 21.8 Å². The summed E-state index contributed by atoms with van der Waals surface area (Å²) in [6.07, 6.45) is 5.70. The first-order valence-corrected chi connectivity index (χ1v) is 15.5. The number of anilines is 2. The molecule has 1 aliphatic rings. The lowest BCUT2D eigenvalue weighted by molar-refractivity contribution is -0.138. The normalized spacial score (nSPS) is 18.1. The molecule has 0 bridgehead atoms. The second-order valence-electron chi connectivity index (χ2n) is 11.3. The van der Waals surface area contributed by atoms with E-state index in [1.54, 1.807) is 62.0 Å². The van der Waals surface area contributed by atoms with E-state index in [9.17, 15) is 23.1 Å². The van der Waals surface area contributed by atoms with Gasteiger partial charge in [0.25, 0.3) is 5.91 Å². The molecule has 2 heterocycles. The number of carbonyl (C=O) groups excluding carboxylic acids is 1. The molecule has 0 spiro atoms. The van der Waals surface area contributed by atoms with Crippen LogP contribution in [0.5, 0.6) is 0 Å². The lowest BCUT2D eigenvalue weighted by Gasteiger charge is -2.47. The number of carboxylic acids is 1. The molecule has 3 aromatic rings. The zero-order valence-corrected chi connectivity index (χ0v) is 25.5. The van der Waals surface area contributed by atoms with E-state index in [2.05, 4.69) is 25.3 Å². The van der Waals surface area contributed by atoms with Gasteiger partial charge in [-0.05, 0) is 54.2 Å². The summed E-state index contributed by atoms with van der Waals surface area (Å²) in [5.41, 5.74) is 1.02. The van der Waals surface area contributed by atoms with Crippen LogP contribution in [0.3, 0.4) is 0 Å². The van der Waals surface area contributed by atoms with Crippen LogP contribution in [0.4, 0.5) is 11.6 Å². The molecule has 4 N–H and O–H groups in total. The second kappa shape index (κ2) is 13.1. The molecule has 1 aromatic heterocycles. The summed E-state index contributed by atoms with van der Waals surface area (Å²) >= 11 is 0. The fourth-order valence-electron chi connectivity index (χ4n) is 5.08. The van der Waals surface area contributed by atoms with Crippen molar-refractivity contribution in [2.75, 3.05) is 30.4 Å². The van der Waals surface area contributed by atoms with Crippen molar-refractivity contribution in [2.24, 2.45) is 0 Å². The van der Waals surface area contributed by atoms with Gasteiger partial charge in [0, 0.05) is 50.3 Å². The Morgan fingerprint density at radius 2 is 1.79 bits per heavy atom. The van der Waals surface area contributed by atoms with E-state index in [1.807, 2.05) is 31.7 Å². The van der Waals surface area contributed by atoms with Crippen LogP contribution in [0.1, 0.15) is 56.0 Å². The Balaban J connectivity index is 1.51. The maximum Gasteiger partial charge on any atom is 0.323 e. The van der Waals surface area contributed by atoms with Gasteiger partial charge in [-0.25, -0.2) is 18.4 Å². The van der Waals surface area contributed by atoms with E-state index in [0.29, 0.717) is 30.2 Å². The highest BCUT2D eigenvalue weighted by Gasteiger charge is 2.40. The van der Waals surface area contributed by atoms with E-state index in [0.717, 1.165) is 12.8 Å². The lowest BCUT2D eigenvalue weighted by Crippen LogP contribution is -2.59. The van der Waals surface area contributed by atoms with Crippen molar-refractivity contribution < 1.29 is 27.9 Å². The van der Waals surface area contributed by atoms with Crippen LogP contribution in [-0.2, 0) is 25.0 Å². The first kappa shape index (κ1) is 31.9. The van der Waals surface area contributed by atoms with E-state index < -0.39 is 45.8 Å². The maximum absolute atomic E-state index is 13.2. The Kier molecular flexibility index (Phi) is 9.68. The fourth-order valence-corrected chi connectivity index (χ4v) is 6.69. The Bertz CT molecular complexity index is 1550. The van der Waals surface area contributed by atoms with Crippen molar-refractivity contribution in [3.05, 3.63) is 78.1 Å². The molecular formula is C30H38N6O6S. The minimum absolute atomic E-state index is 0.00884. The van der Waals surface area contributed by atoms with Crippen molar-refractivity contribution in [1.29, 1.82) is 0 Å². The number of nitrogens with zero attached hydrogens (tertiary/aromatic N) is 3. The number of nitrogens with one attached hydrogen (secondary N) is 3. The van der Waals surface area contributed by atoms with Crippen molar-refractivity contribution in [3.8, 4) is 0 Å². The number of benzene rings is 2. The monoisotopic (exact) mass is 610 g/mol. The Morgan fingerprint density at radius 3 is 2.47 bits per heavy atom. The molecule has 13 heteroatoms. The van der Waals surface area contributed by atoms with Gasteiger partial charge in [-0.15, -0.1) is 0 Å².